The Balaban J connectivity index is 2.60. The second-order valence-electron chi connectivity index (χ2n) is 5.16. The highest BCUT2D eigenvalue weighted by Gasteiger charge is 2.34. The lowest BCUT2D eigenvalue weighted by Crippen LogP contribution is -2.49. The summed E-state index contributed by atoms with van der Waals surface area (Å²) in [5.41, 5.74) is 5.56. The van der Waals surface area contributed by atoms with Gasteiger partial charge in [-0.05, 0) is 25.2 Å². The van der Waals surface area contributed by atoms with Crippen LogP contribution in [0.25, 0.3) is 0 Å². The summed E-state index contributed by atoms with van der Waals surface area (Å²) in [6.07, 6.45) is -4.36. The van der Waals surface area contributed by atoms with Gasteiger partial charge < -0.3 is 5.73 Å². The van der Waals surface area contributed by atoms with Crippen LogP contribution in [-0.4, -0.2) is 43.8 Å². The Morgan fingerprint density at radius 1 is 1.37 bits per heavy atom. The number of piperidine rings is 1. The third kappa shape index (κ3) is 5.27. The zero-order valence-electron chi connectivity index (χ0n) is 11.0. The third-order valence-electron chi connectivity index (χ3n) is 3.42. The lowest BCUT2D eigenvalue weighted by molar-refractivity contribution is -0.134. The molecule has 1 fully saturated rings. The maximum Gasteiger partial charge on any atom is 0.389 e. The van der Waals surface area contributed by atoms with E-state index >= 15 is 0 Å². The van der Waals surface area contributed by atoms with E-state index < -0.39 is 34.8 Å². The smallest absolute Gasteiger partial charge is 0.329 e. The normalized spacial score (nSPS) is 26.6. The minimum atomic E-state index is -4.31. The molecule has 2 unspecified atom stereocenters. The van der Waals surface area contributed by atoms with Crippen molar-refractivity contribution in [3.63, 3.8) is 0 Å². The van der Waals surface area contributed by atoms with Crippen LogP contribution in [-0.2, 0) is 10.0 Å². The highest BCUT2D eigenvalue weighted by Crippen LogP contribution is 2.26. The van der Waals surface area contributed by atoms with Crippen LogP contribution in [0.2, 0.25) is 0 Å². The number of rotatable bonds is 5. The zero-order chi connectivity index (χ0) is 14.7. The van der Waals surface area contributed by atoms with E-state index in [9.17, 15) is 21.6 Å². The number of nitrogens with zero attached hydrogens (tertiary/aromatic N) is 1. The molecule has 0 radical (unpaired) electrons. The number of nitrogens with two attached hydrogens (primary N) is 1. The van der Waals surface area contributed by atoms with Crippen molar-refractivity contribution in [2.75, 3.05) is 18.8 Å². The molecule has 114 valence electrons. The van der Waals surface area contributed by atoms with E-state index in [0.717, 1.165) is 6.42 Å². The largest absolute Gasteiger partial charge is 0.389 e. The maximum atomic E-state index is 12.1. The van der Waals surface area contributed by atoms with E-state index in [2.05, 4.69) is 0 Å². The predicted molar refractivity (Wildman–Crippen MR) is 67.0 cm³/mol. The topological polar surface area (TPSA) is 63.4 Å². The predicted octanol–water partition coefficient (Wildman–Crippen LogP) is 1.72. The SMILES string of the molecule is CC1CCN(S(=O)(=O)CCCC(F)(F)F)C(CN)C1. The minimum absolute atomic E-state index is 0.211. The van der Waals surface area contributed by atoms with Crippen molar-refractivity contribution >= 4 is 10.0 Å². The third-order valence-corrected chi connectivity index (χ3v) is 5.42. The average molecular weight is 302 g/mol. The Morgan fingerprint density at radius 3 is 2.53 bits per heavy atom. The molecule has 0 aliphatic carbocycles. The van der Waals surface area contributed by atoms with E-state index in [1.54, 1.807) is 0 Å². The Kier molecular flexibility index (Phi) is 5.64. The van der Waals surface area contributed by atoms with Gasteiger partial charge >= 0.3 is 6.18 Å². The van der Waals surface area contributed by atoms with E-state index in [-0.39, 0.29) is 12.6 Å². The molecular formula is C11H21F3N2O2S. The monoisotopic (exact) mass is 302 g/mol. The van der Waals surface area contributed by atoms with E-state index in [1.807, 2.05) is 6.92 Å². The summed E-state index contributed by atoms with van der Waals surface area (Å²) in [6.45, 7) is 2.59. The fourth-order valence-corrected chi connectivity index (χ4v) is 4.14. The summed E-state index contributed by atoms with van der Waals surface area (Å²) in [5.74, 6) is -0.0626. The van der Waals surface area contributed by atoms with Gasteiger partial charge in [0.2, 0.25) is 10.0 Å². The van der Waals surface area contributed by atoms with Crippen molar-refractivity contribution in [2.45, 2.75) is 44.8 Å². The second-order valence-corrected chi connectivity index (χ2v) is 7.21. The molecular weight excluding hydrogens is 281 g/mol. The molecule has 0 aromatic heterocycles. The molecule has 2 N–H and O–H groups in total. The van der Waals surface area contributed by atoms with Gasteiger partial charge in [0, 0.05) is 25.6 Å². The van der Waals surface area contributed by atoms with Gasteiger partial charge in [0.15, 0.2) is 0 Å². The molecule has 0 spiro atoms. The lowest BCUT2D eigenvalue weighted by Gasteiger charge is -2.36. The minimum Gasteiger partial charge on any atom is -0.329 e. The number of hydrogen-bond acceptors (Lipinski definition) is 3. The van der Waals surface area contributed by atoms with Crippen LogP contribution < -0.4 is 5.73 Å². The van der Waals surface area contributed by atoms with Crippen LogP contribution >= 0.6 is 0 Å². The fourth-order valence-electron chi connectivity index (χ4n) is 2.38. The van der Waals surface area contributed by atoms with Crippen molar-refractivity contribution in [1.29, 1.82) is 0 Å². The number of alkyl halides is 3. The van der Waals surface area contributed by atoms with Crippen LogP contribution in [0.15, 0.2) is 0 Å². The standard InChI is InChI=1S/C11H21F3N2O2S/c1-9-3-5-16(10(7-9)8-15)19(17,18)6-2-4-11(12,13)14/h9-10H,2-8,15H2,1H3. The summed E-state index contributed by atoms with van der Waals surface area (Å²) in [7, 11) is -3.64. The first kappa shape index (κ1) is 16.7. The first-order valence-electron chi connectivity index (χ1n) is 6.42. The molecule has 1 saturated heterocycles. The number of sulfonamides is 1. The summed E-state index contributed by atoms with van der Waals surface area (Å²) in [6, 6.07) is -0.278. The molecule has 0 aromatic rings. The van der Waals surface area contributed by atoms with Gasteiger partial charge in [-0.2, -0.15) is 17.5 Å². The molecule has 0 aromatic carbocycles. The first-order valence-corrected chi connectivity index (χ1v) is 8.03. The zero-order valence-corrected chi connectivity index (χ0v) is 11.8. The highest BCUT2D eigenvalue weighted by molar-refractivity contribution is 7.89. The van der Waals surface area contributed by atoms with Crippen LogP contribution in [0, 0.1) is 5.92 Å². The first-order chi connectivity index (χ1) is 8.65. The Bertz CT molecular complexity index is 384. The molecule has 1 rings (SSSR count). The van der Waals surface area contributed by atoms with Gasteiger partial charge in [-0.1, -0.05) is 6.92 Å². The molecule has 2 atom stereocenters. The van der Waals surface area contributed by atoms with Gasteiger partial charge in [0.05, 0.1) is 5.75 Å². The Morgan fingerprint density at radius 2 is 2.00 bits per heavy atom. The summed E-state index contributed by atoms with van der Waals surface area (Å²) >= 11 is 0. The lowest BCUT2D eigenvalue weighted by atomic mass is 9.94. The van der Waals surface area contributed by atoms with Crippen molar-refractivity contribution in [2.24, 2.45) is 11.7 Å². The molecule has 1 heterocycles. The molecule has 1 aliphatic heterocycles. The Labute approximate surface area is 112 Å². The van der Waals surface area contributed by atoms with Crippen LogP contribution in [0.5, 0.6) is 0 Å². The molecule has 8 heteroatoms. The highest BCUT2D eigenvalue weighted by atomic mass is 32.2. The summed E-state index contributed by atoms with van der Waals surface area (Å²) < 4.78 is 61.5. The van der Waals surface area contributed by atoms with Gasteiger partial charge in [-0.15, -0.1) is 0 Å². The van der Waals surface area contributed by atoms with Gasteiger partial charge in [0.1, 0.15) is 0 Å². The summed E-state index contributed by atoms with van der Waals surface area (Å²) in [4.78, 5) is 0. The van der Waals surface area contributed by atoms with Gasteiger partial charge in [-0.3, -0.25) is 0 Å². The van der Waals surface area contributed by atoms with Crippen LogP contribution in [0.3, 0.4) is 0 Å². The van der Waals surface area contributed by atoms with Crippen molar-refractivity contribution in [1.82, 2.24) is 4.31 Å². The molecule has 0 amide bonds. The van der Waals surface area contributed by atoms with Gasteiger partial charge in [-0.25, -0.2) is 8.42 Å². The molecule has 4 nitrogen and oxygen atoms in total. The molecule has 19 heavy (non-hydrogen) atoms. The number of hydrogen-bond donors (Lipinski definition) is 1. The molecule has 1 aliphatic rings. The van der Waals surface area contributed by atoms with Crippen molar-refractivity contribution < 1.29 is 21.6 Å². The Hall–Kier alpha value is -0.340. The van der Waals surface area contributed by atoms with Crippen LogP contribution in [0.4, 0.5) is 13.2 Å². The van der Waals surface area contributed by atoms with E-state index in [0.29, 0.717) is 18.9 Å². The number of halogens is 3. The fraction of sp³-hybridized carbons (Fsp3) is 1.00. The second kappa shape index (κ2) is 6.41. The maximum absolute atomic E-state index is 12.1. The molecule has 0 bridgehead atoms. The van der Waals surface area contributed by atoms with Gasteiger partial charge in [0.25, 0.3) is 0 Å². The average Bonchev–Trinajstić information content (AvgIpc) is 2.26. The van der Waals surface area contributed by atoms with E-state index in [4.69, 9.17) is 5.73 Å². The quantitative estimate of drug-likeness (QED) is 0.841. The summed E-state index contributed by atoms with van der Waals surface area (Å²) in [5, 5.41) is 0. The van der Waals surface area contributed by atoms with Crippen molar-refractivity contribution in [3.8, 4) is 0 Å². The van der Waals surface area contributed by atoms with Crippen LogP contribution in [0.1, 0.15) is 32.6 Å². The van der Waals surface area contributed by atoms with Crippen molar-refractivity contribution in [3.05, 3.63) is 0 Å². The molecule has 0 saturated carbocycles. The van der Waals surface area contributed by atoms with E-state index in [1.165, 1.54) is 4.31 Å².